The first kappa shape index (κ1) is 13.4. The first-order chi connectivity index (χ1) is 8.97. The molecule has 0 aliphatic heterocycles. The van der Waals surface area contributed by atoms with Gasteiger partial charge in [-0.3, -0.25) is 4.79 Å². The fourth-order valence-corrected chi connectivity index (χ4v) is 1.99. The summed E-state index contributed by atoms with van der Waals surface area (Å²) in [7, 11) is 0. The maximum Gasteiger partial charge on any atom is 0.255 e. The smallest absolute Gasteiger partial charge is 0.255 e. The van der Waals surface area contributed by atoms with Crippen molar-refractivity contribution in [1.29, 1.82) is 0 Å². The monoisotopic (exact) mass is 275 g/mol. The zero-order valence-electron chi connectivity index (χ0n) is 10.7. The van der Waals surface area contributed by atoms with E-state index in [0.29, 0.717) is 16.3 Å². The van der Waals surface area contributed by atoms with E-state index in [2.05, 4.69) is 5.32 Å². The summed E-state index contributed by atoms with van der Waals surface area (Å²) >= 11 is 5.86. The number of phenols is 1. The van der Waals surface area contributed by atoms with E-state index in [-0.39, 0.29) is 11.7 Å². The first-order valence-corrected chi connectivity index (χ1v) is 6.22. The number of rotatable bonds is 2. The molecule has 2 aromatic rings. The summed E-state index contributed by atoms with van der Waals surface area (Å²) in [6.07, 6.45) is 0. The van der Waals surface area contributed by atoms with Crippen LogP contribution in [0.25, 0.3) is 0 Å². The van der Waals surface area contributed by atoms with Crippen LogP contribution < -0.4 is 5.32 Å². The molecular weight excluding hydrogens is 262 g/mol. The van der Waals surface area contributed by atoms with Gasteiger partial charge < -0.3 is 10.4 Å². The lowest BCUT2D eigenvalue weighted by molar-refractivity contribution is 0.102. The van der Waals surface area contributed by atoms with Gasteiger partial charge in [0.2, 0.25) is 0 Å². The van der Waals surface area contributed by atoms with Crippen molar-refractivity contribution < 1.29 is 9.90 Å². The molecule has 0 saturated heterocycles. The maximum absolute atomic E-state index is 12.1. The normalized spacial score (nSPS) is 10.3. The lowest BCUT2D eigenvalue weighted by Crippen LogP contribution is -2.13. The molecule has 2 aromatic carbocycles. The number of hydrogen-bond donors (Lipinski definition) is 2. The van der Waals surface area contributed by atoms with E-state index in [1.165, 1.54) is 6.07 Å². The molecule has 0 aliphatic carbocycles. The molecule has 0 fully saturated rings. The summed E-state index contributed by atoms with van der Waals surface area (Å²) in [6, 6.07) is 10.1. The molecule has 2 rings (SSSR count). The van der Waals surface area contributed by atoms with Gasteiger partial charge in [0.1, 0.15) is 5.75 Å². The number of aryl methyl sites for hydroxylation is 2. The second kappa shape index (κ2) is 5.33. The minimum atomic E-state index is -0.225. The quantitative estimate of drug-likeness (QED) is 0.873. The predicted octanol–water partition coefficient (Wildman–Crippen LogP) is 3.91. The van der Waals surface area contributed by atoms with Crippen molar-refractivity contribution in [2.75, 3.05) is 5.32 Å². The Morgan fingerprint density at radius 2 is 1.84 bits per heavy atom. The Hall–Kier alpha value is -2.00. The highest BCUT2D eigenvalue weighted by Crippen LogP contribution is 2.22. The van der Waals surface area contributed by atoms with Gasteiger partial charge in [0.25, 0.3) is 5.91 Å². The van der Waals surface area contributed by atoms with Crippen LogP contribution in [0.4, 0.5) is 5.69 Å². The van der Waals surface area contributed by atoms with E-state index in [1.807, 2.05) is 6.92 Å². The number of hydrogen-bond acceptors (Lipinski definition) is 2. The zero-order chi connectivity index (χ0) is 14.0. The molecule has 0 aliphatic rings. The van der Waals surface area contributed by atoms with Crippen LogP contribution in [0.5, 0.6) is 5.75 Å². The molecule has 0 atom stereocenters. The topological polar surface area (TPSA) is 49.3 Å². The summed E-state index contributed by atoms with van der Waals surface area (Å²) < 4.78 is 0. The van der Waals surface area contributed by atoms with Gasteiger partial charge in [-0.15, -0.1) is 0 Å². The number of carbonyl (C=O) groups excluding carboxylic acids is 1. The van der Waals surface area contributed by atoms with Gasteiger partial charge in [0.05, 0.1) is 0 Å². The van der Waals surface area contributed by atoms with E-state index in [9.17, 15) is 9.90 Å². The standard InChI is InChI=1S/C15H14ClNO2/c1-9-3-5-12(8-14(9)18)17-15(19)13-6-4-11(16)7-10(13)2/h3-8,18H,1-2H3,(H,17,19). The second-order valence-electron chi connectivity index (χ2n) is 4.41. The van der Waals surface area contributed by atoms with Crippen LogP contribution in [0.2, 0.25) is 5.02 Å². The third-order valence-electron chi connectivity index (χ3n) is 2.90. The third-order valence-corrected chi connectivity index (χ3v) is 3.14. The maximum atomic E-state index is 12.1. The number of aromatic hydroxyl groups is 1. The van der Waals surface area contributed by atoms with Gasteiger partial charge in [-0.2, -0.15) is 0 Å². The SMILES string of the molecule is Cc1ccc(NC(=O)c2ccc(Cl)cc2C)cc1O. The average Bonchev–Trinajstić information content (AvgIpc) is 2.33. The van der Waals surface area contributed by atoms with Crippen molar-refractivity contribution in [2.24, 2.45) is 0 Å². The Morgan fingerprint density at radius 1 is 1.11 bits per heavy atom. The van der Waals surface area contributed by atoms with Crippen molar-refractivity contribution in [3.05, 3.63) is 58.1 Å². The number of anilines is 1. The van der Waals surface area contributed by atoms with Crippen molar-refractivity contribution in [3.8, 4) is 5.75 Å². The highest BCUT2D eigenvalue weighted by molar-refractivity contribution is 6.30. The van der Waals surface area contributed by atoms with Gasteiger partial charge in [-0.05, 0) is 49.2 Å². The molecule has 0 saturated carbocycles. The predicted molar refractivity (Wildman–Crippen MR) is 77.0 cm³/mol. The summed E-state index contributed by atoms with van der Waals surface area (Å²) in [5.74, 6) is -0.0666. The Kier molecular flexibility index (Phi) is 3.76. The van der Waals surface area contributed by atoms with Crippen LogP contribution >= 0.6 is 11.6 Å². The number of phenolic OH excluding ortho intramolecular Hbond substituents is 1. The average molecular weight is 276 g/mol. The van der Waals surface area contributed by atoms with Crippen LogP contribution in [0.3, 0.4) is 0 Å². The molecule has 19 heavy (non-hydrogen) atoms. The highest BCUT2D eigenvalue weighted by Gasteiger charge is 2.10. The lowest BCUT2D eigenvalue weighted by Gasteiger charge is -2.09. The van der Waals surface area contributed by atoms with Crippen LogP contribution in [0.15, 0.2) is 36.4 Å². The molecule has 0 bridgehead atoms. The van der Waals surface area contributed by atoms with Crippen molar-refractivity contribution >= 4 is 23.2 Å². The minimum Gasteiger partial charge on any atom is -0.508 e. The molecule has 4 heteroatoms. The summed E-state index contributed by atoms with van der Waals surface area (Å²) in [5, 5.41) is 12.9. The molecule has 3 nitrogen and oxygen atoms in total. The van der Waals surface area contributed by atoms with E-state index >= 15 is 0 Å². The second-order valence-corrected chi connectivity index (χ2v) is 4.85. The molecule has 0 unspecified atom stereocenters. The largest absolute Gasteiger partial charge is 0.508 e. The van der Waals surface area contributed by atoms with Crippen LogP contribution in [-0.4, -0.2) is 11.0 Å². The molecule has 2 N–H and O–H groups in total. The number of halogens is 1. The zero-order valence-corrected chi connectivity index (χ0v) is 11.5. The van der Waals surface area contributed by atoms with Crippen molar-refractivity contribution in [1.82, 2.24) is 0 Å². The van der Waals surface area contributed by atoms with E-state index in [1.54, 1.807) is 37.3 Å². The van der Waals surface area contributed by atoms with Crippen molar-refractivity contribution in [2.45, 2.75) is 13.8 Å². The third kappa shape index (κ3) is 3.06. The van der Waals surface area contributed by atoms with E-state index < -0.39 is 0 Å². The van der Waals surface area contributed by atoms with Gasteiger partial charge in [-0.25, -0.2) is 0 Å². The van der Waals surface area contributed by atoms with Gasteiger partial charge >= 0.3 is 0 Å². The van der Waals surface area contributed by atoms with Gasteiger partial charge in [0.15, 0.2) is 0 Å². The summed E-state index contributed by atoms with van der Waals surface area (Å²) in [5.41, 5.74) is 2.69. The Labute approximate surface area is 116 Å². The fourth-order valence-electron chi connectivity index (χ4n) is 1.77. The van der Waals surface area contributed by atoms with Crippen LogP contribution in [0.1, 0.15) is 21.5 Å². The van der Waals surface area contributed by atoms with Crippen LogP contribution in [0, 0.1) is 13.8 Å². The molecular formula is C15H14ClNO2. The highest BCUT2D eigenvalue weighted by atomic mass is 35.5. The van der Waals surface area contributed by atoms with Gasteiger partial charge in [0, 0.05) is 22.3 Å². The Morgan fingerprint density at radius 3 is 2.47 bits per heavy atom. The number of nitrogens with one attached hydrogen (secondary N) is 1. The fraction of sp³-hybridized carbons (Fsp3) is 0.133. The molecule has 98 valence electrons. The van der Waals surface area contributed by atoms with Gasteiger partial charge in [-0.1, -0.05) is 17.7 Å². The van der Waals surface area contributed by atoms with Crippen molar-refractivity contribution in [3.63, 3.8) is 0 Å². The van der Waals surface area contributed by atoms with Crippen LogP contribution in [-0.2, 0) is 0 Å². The molecule has 0 aromatic heterocycles. The number of benzene rings is 2. The molecule has 1 amide bonds. The summed E-state index contributed by atoms with van der Waals surface area (Å²) in [6.45, 7) is 3.62. The van der Waals surface area contributed by atoms with E-state index in [4.69, 9.17) is 11.6 Å². The number of amides is 1. The minimum absolute atomic E-state index is 0.158. The summed E-state index contributed by atoms with van der Waals surface area (Å²) in [4.78, 5) is 12.1. The number of carbonyl (C=O) groups is 1. The first-order valence-electron chi connectivity index (χ1n) is 5.84. The molecule has 0 radical (unpaired) electrons. The lowest BCUT2D eigenvalue weighted by atomic mass is 10.1. The molecule has 0 spiro atoms. The Bertz CT molecular complexity index is 638. The Balaban J connectivity index is 2.23. The van der Waals surface area contributed by atoms with E-state index in [0.717, 1.165) is 11.1 Å². The molecule has 0 heterocycles.